The second-order valence-electron chi connectivity index (χ2n) is 11.7. The number of rotatable bonds is 8. The molecule has 210 valence electrons. The van der Waals surface area contributed by atoms with E-state index in [9.17, 15) is 18.0 Å². The van der Waals surface area contributed by atoms with Gasteiger partial charge in [-0.05, 0) is 48.3 Å². The monoisotopic (exact) mass is 554 g/mol. The zero-order chi connectivity index (χ0) is 27.8. The number of hydrogen-bond donors (Lipinski definition) is 0. The third-order valence-corrected chi connectivity index (χ3v) is 12.6. The molecule has 0 N–H and O–H groups in total. The van der Waals surface area contributed by atoms with Crippen LogP contribution in [0.5, 0.6) is 5.88 Å². The molecule has 2 aromatic rings. The van der Waals surface area contributed by atoms with Crippen molar-refractivity contribution in [3.05, 3.63) is 35.9 Å². The van der Waals surface area contributed by atoms with Crippen molar-refractivity contribution in [2.75, 3.05) is 24.7 Å². The third-order valence-electron chi connectivity index (χ3n) is 8.07. The van der Waals surface area contributed by atoms with Crippen LogP contribution in [0.1, 0.15) is 64.3 Å². The van der Waals surface area contributed by atoms with Gasteiger partial charge >= 0.3 is 12.2 Å². The summed E-state index contributed by atoms with van der Waals surface area (Å²) in [5, 5.41) is 4.11. The first kappa shape index (κ1) is 28.4. The van der Waals surface area contributed by atoms with Crippen LogP contribution >= 0.6 is 0 Å². The number of carbonyl (C=O) groups is 1. The maximum absolute atomic E-state index is 13.6. The van der Waals surface area contributed by atoms with Gasteiger partial charge in [0, 0.05) is 6.07 Å². The van der Waals surface area contributed by atoms with Crippen molar-refractivity contribution in [1.82, 2.24) is 15.0 Å². The number of amides is 2. The van der Waals surface area contributed by atoms with Crippen LogP contribution in [0, 0.1) is 0 Å². The van der Waals surface area contributed by atoms with Gasteiger partial charge in [-0.1, -0.05) is 40.0 Å². The summed E-state index contributed by atoms with van der Waals surface area (Å²) in [5.41, 5.74) is -1.07. The molecule has 3 heterocycles. The van der Waals surface area contributed by atoms with E-state index in [1.165, 1.54) is 11.0 Å². The molecule has 1 saturated carbocycles. The topological polar surface area (TPSA) is 80.9 Å². The maximum Gasteiger partial charge on any atom is 0.433 e. The summed E-state index contributed by atoms with van der Waals surface area (Å²) in [6, 6.07) is 3.61. The fourth-order valence-electron chi connectivity index (χ4n) is 4.84. The molecule has 1 saturated heterocycles. The fraction of sp³-hybridized carbons (Fsp3) is 0.654. The summed E-state index contributed by atoms with van der Waals surface area (Å²) < 4.78 is 56.3. The first-order valence-corrected chi connectivity index (χ1v) is 16.0. The first-order chi connectivity index (χ1) is 17.7. The minimum atomic E-state index is -4.53. The molecular formula is C26H37F3N4O4Si. The van der Waals surface area contributed by atoms with E-state index in [1.54, 1.807) is 11.0 Å². The molecule has 2 aromatic heterocycles. The molecule has 1 spiro atoms. The molecule has 0 atom stereocenters. The predicted octanol–water partition coefficient (Wildman–Crippen LogP) is 6.63. The highest BCUT2D eigenvalue weighted by molar-refractivity contribution is 6.74. The summed E-state index contributed by atoms with van der Waals surface area (Å²) >= 11 is 0. The van der Waals surface area contributed by atoms with E-state index < -0.39 is 25.7 Å². The zero-order valence-corrected chi connectivity index (χ0v) is 23.7. The normalized spacial score (nSPS) is 18.5. The van der Waals surface area contributed by atoms with Gasteiger partial charge in [0.25, 0.3) is 5.88 Å². The van der Waals surface area contributed by atoms with Crippen LogP contribution in [0.4, 0.5) is 23.7 Å². The molecule has 2 fully saturated rings. The number of halogens is 3. The molecule has 0 unspecified atom stereocenters. The van der Waals surface area contributed by atoms with Crippen LogP contribution in [-0.4, -0.2) is 54.7 Å². The maximum atomic E-state index is 13.6. The van der Waals surface area contributed by atoms with Crippen molar-refractivity contribution >= 4 is 20.0 Å². The number of aromatic nitrogens is 2. The molecule has 12 heteroatoms. The highest BCUT2D eigenvalue weighted by Gasteiger charge is 2.50. The SMILES string of the molecule is CC(C)(C)[Si](C)(C)OCCOc1cc(CN2C(=O)N(c3ccc(C(F)(F)F)nc3)CC23CCCCC3)on1. The number of carbonyl (C=O) groups excluding carboxylic acids is 1. The number of nitrogens with zero attached hydrogens (tertiary/aromatic N) is 4. The van der Waals surface area contributed by atoms with Crippen LogP contribution in [0.15, 0.2) is 28.9 Å². The number of urea groups is 1. The van der Waals surface area contributed by atoms with E-state index in [0.717, 1.165) is 44.4 Å². The average molecular weight is 555 g/mol. The molecule has 2 amide bonds. The van der Waals surface area contributed by atoms with E-state index in [2.05, 4.69) is 44.0 Å². The van der Waals surface area contributed by atoms with Gasteiger partial charge in [-0.25, -0.2) is 9.78 Å². The van der Waals surface area contributed by atoms with Crippen molar-refractivity contribution in [3.63, 3.8) is 0 Å². The molecule has 8 nitrogen and oxygen atoms in total. The number of anilines is 1. The molecule has 0 aromatic carbocycles. The Labute approximate surface area is 222 Å². The minimum absolute atomic E-state index is 0.107. The molecule has 0 radical (unpaired) electrons. The van der Waals surface area contributed by atoms with Gasteiger partial charge in [0.2, 0.25) is 0 Å². The lowest BCUT2D eigenvalue weighted by atomic mass is 9.81. The van der Waals surface area contributed by atoms with Gasteiger partial charge in [0.15, 0.2) is 14.1 Å². The summed E-state index contributed by atoms with van der Waals surface area (Å²) in [7, 11) is -1.87. The van der Waals surface area contributed by atoms with Crippen LogP contribution in [0.25, 0.3) is 0 Å². The van der Waals surface area contributed by atoms with Crippen LogP contribution in [-0.2, 0) is 17.1 Å². The minimum Gasteiger partial charge on any atom is -0.473 e. The van der Waals surface area contributed by atoms with Crippen molar-refractivity contribution in [2.24, 2.45) is 0 Å². The van der Waals surface area contributed by atoms with E-state index in [1.807, 2.05) is 0 Å². The van der Waals surface area contributed by atoms with Gasteiger partial charge in [-0.2, -0.15) is 13.2 Å². The van der Waals surface area contributed by atoms with E-state index >= 15 is 0 Å². The van der Waals surface area contributed by atoms with E-state index in [4.69, 9.17) is 13.7 Å². The lowest BCUT2D eigenvalue weighted by molar-refractivity contribution is -0.141. The lowest BCUT2D eigenvalue weighted by Gasteiger charge is -2.39. The van der Waals surface area contributed by atoms with Gasteiger partial charge in [0.1, 0.15) is 12.3 Å². The Morgan fingerprint density at radius 2 is 1.82 bits per heavy atom. The number of pyridine rings is 1. The Morgan fingerprint density at radius 1 is 1.11 bits per heavy atom. The Balaban J connectivity index is 1.43. The molecule has 0 bridgehead atoms. The Kier molecular flexibility index (Phi) is 7.86. The summed E-state index contributed by atoms with van der Waals surface area (Å²) in [4.78, 5) is 20.4. The number of ether oxygens (including phenoxy) is 1. The quantitative estimate of drug-likeness (QED) is 0.269. The van der Waals surface area contributed by atoms with Crippen LogP contribution in [0.2, 0.25) is 18.1 Å². The van der Waals surface area contributed by atoms with Gasteiger partial charge in [0.05, 0.1) is 37.1 Å². The molecule has 2 aliphatic rings. The number of hydrogen-bond acceptors (Lipinski definition) is 6. The highest BCUT2D eigenvalue weighted by Crippen LogP contribution is 2.42. The van der Waals surface area contributed by atoms with Crippen molar-refractivity contribution in [2.45, 2.75) is 89.3 Å². The fourth-order valence-corrected chi connectivity index (χ4v) is 5.86. The molecular weight excluding hydrogens is 517 g/mol. The molecule has 38 heavy (non-hydrogen) atoms. The molecule has 1 aliphatic carbocycles. The largest absolute Gasteiger partial charge is 0.473 e. The van der Waals surface area contributed by atoms with Gasteiger partial charge < -0.3 is 18.6 Å². The zero-order valence-electron chi connectivity index (χ0n) is 22.7. The van der Waals surface area contributed by atoms with Gasteiger partial charge in [-0.15, -0.1) is 0 Å². The third kappa shape index (κ3) is 6.01. The van der Waals surface area contributed by atoms with Crippen molar-refractivity contribution in [3.8, 4) is 5.88 Å². The Bertz CT molecular complexity index is 1110. The van der Waals surface area contributed by atoms with Crippen LogP contribution in [0.3, 0.4) is 0 Å². The predicted molar refractivity (Wildman–Crippen MR) is 138 cm³/mol. The number of alkyl halides is 3. The lowest BCUT2D eigenvalue weighted by Crippen LogP contribution is -2.47. The van der Waals surface area contributed by atoms with Crippen molar-refractivity contribution in [1.29, 1.82) is 0 Å². The summed E-state index contributed by atoms with van der Waals surface area (Å²) in [5.74, 6) is 0.808. The first-order valence-electron chi connectivity index (χ1n) is 13.1. The average Bonchev–Trinajstić information content (AvgIpc) is 3.40. The smallest absolute Gasteiger partial charge is 0.433 e. The van der Waals surface area contributed by atoms with E-state index in [0.29, 0.717) is 37.1 Å². The molecule has 4 rings (SSSR count). The standard InChI is InChI=1S/C26H37F3N4O4Si/c1-24(2,3)38(4,5)36-14-13-35-22-15-20(37-31-22)17-33-23(34)32(18-25(33)11-7-6-8-12-25)19-9-10-21(30-16-19)26(27,28)29/h9-10,15-16H,6-8,11-14,17-18H2,1-5H3. The second kappa shape index (κ2) is 10.5. The van der Waals surface area contributed by atoms with Gasteiger partial charge in [-0.3, -0.25) is 4.90 Å². The van der Waals surface area contributed by atoms with Crippen molar-refractivity contribution < 1.29 is 31.7 Å². The Hall–Kier alpha value is -2.60. The second-order valence-corrected chi connectivity index (χ2v) is 16.5. The van der Waals surface area contributed by atoms with E-state index in [-0.39, 0.29) is 17.6 Å². The van der Waals surface area contributed by atoms with Crippen LogP contribution < -0.4 is 9.64 Å². The summed E-state index contributed by atoms with van der Waals surface area (Å²) in [6.07, 6.45) is 1.24. The highest BCUT2D eigenvalue weighted by atomic mass is 28.4. The Morgan fingerprint density at radius 3 is 2.42 bits per heavy atom. The summed E-state index contributed by atoms with van der Waals surface area (Å²) in [6.45, 7) is 12.3. The molecule has 1 aliphatic heterocycles.